The summed E-state index contributed by atoms with van der Waals surface area (Å²) in [6, 6.07) is 18.1. The van der Waals surface area contributed by atoms with Gasteiger partial charge >= 0.3 is 0 Å². The third-order valence-electron chi connectivity index (χ3n) is 5.68. The topological polar surface area (TPSA) is 38.7 Å². The van der Waals surface area contributed by atoms with Crippen LogP contribution in [0.3, 0.4) is 0 Å². The van der Waals surface area contributed by atoms with Crippen LogP contribution in [0, 0.1) is 5.41 Å². The van der Waals surface area contributed by atoms with Crippen LogP contribution in [0.1, 0.15) is 50.3 Å². The van der Waals surface area contributed by atoms with Crippen molar-refractivity contribution in [2.45, 2.75) is 45.0 Å². The summed E-state index contributed by atoms with van der Waals surface area (Å²) in [6.45, 7) is 7.54. The van der Waals surface area contributed by atoms with Crippen LogP contribution in [0.15, 0.2) is 66.2 Å². The molecular weight excluding hydrogens is 336 g/mol. The average Bonchev–Trinajstić information content (AvgIpc) is 3.30. The quantitative estimate of drug-likeness (QED) is 0.788. The SMILES string of the molecule is CC(C)(C)C1=CCCC1(O)c1ccccc1C1(c2ccccc2)OCCO1. The van der Waals surface area contributed by atoms with Crippen molar-refractivity contribution < 1.29 is 14.6 Å². The molecule has 1 aliphatic carbocycles. The number of rotatable bonds is 3. The molecule has 1 fully saturated rings. The second-order valence-corrected chi connectivity index (χ2v) is 8.49. The van der Waals surface area contributed by atoms with Crippen LogP contribution in [0.2, 0.25) is 0 Å². The van der Waals surface area contributed by atoms with Crippen molar-refractivity contribution >= 4 is 0 Å². The molecule has 27 heavy (non-hydrogen) atoms. The smallest absolute Gasteiger partial charge is 0.222 e. The van der Waals surface area contributed by atoms with E-state index in [9.17, 15) is 5.11 Å². The van der Waals surface area contributed by atoms with Crippen LogP contribution in [-0.2, 0) is 20.9 Å². The van der Waals surface area contributed by atoms with Gasteiger partial charge in [-0.15, -0.1) is 0 Å². The minimum absolute atomic E-state index is 0.115. The van der Waals surface area contributed by atoms with Crippen LogP contribution in [0.4, 0.5) is 0 Å². The second-order valence-electron chi connectivity index (χ2n) is 8.49. The fourth-order valence-electron chi connectivity index (χ4n) is 4.61. The van der Waals surface area contributed by atoms with Gasteiger partial charge in [0.25, 0.3) is 0 Å². The Hall–Kier alpha value is -1.94. The number of hydrogen-bond donors (Lipinski definition) is 1. The third-order valence-corrected chi connectivity index (χ3v) is 5.68. The van der Waals surface area contributed by atoms with Crippen LogP contribution < -0.4 is 0 Å². The Morgan fingerprint density at radius 3 is 2.07 bits per heavy atom. The minimum atomic E-state index is -1.01. The first-order valence-corrected chi connectivity index (χ1v) is 9.75. The van der Waals surface area contributed by atoms with Crippen LogP contribution in [-0.4, -0.2) is 18.3 Å². The monoisotopic (exact) mass is 364 g/mol. The Bertz CT molecular complexity index is 841. The molecule has 1 atom stereocenters. The second kappa shape index (κ2) is 6.59. The molecule has 1 unspecified atom stereocenters. The van der Waals surface area contributed by atoms with E-state index >= 15 is 0 Å². The summed E-state index contributed by atoms with van der Waals surface area (Å²) in [5.41, 5.74) is 2.69. The van der Waals surface area contributed by atoms with Crippen molar-refractivity contribution in [3.8, 4) is 0 Å². The summed E-state index contributed by atoms with van der Waals surface area (Å²) in [7, 11) is 0. The predicted octanol–water partition coefficient (Wildman–Crippen LogP) is 4.89. The highest BCUT2D eigenvalue weighted by Crippen LogP contribution is 2.51. The lowest BCUT2D eigenvalue weighted by Crippen LogP contribution is -2.37. The van der Waals surface area contributed by atoms with Gasteiger partial charge in [0.15, 0.2) is 0 Å². The van der Waals surface area contributed by atoms with Gasteiger partial charge in [-0.1, -0.05) is 81.4 Å². The fraction of sp³-hybridized carbons (Fsp3) is 0.417. The molecule has 1 saturated heterocycles. The largest absolute Gasteiger partial charge is 0.381 e. The number of aliphatic hydroxyl groups is 1. The molecule has 4 rings (SSSR count). The van der Waals surface area contributed by atoms with Crippen molar-refractivity contribution in [3.63, 3.8) is 0 Å². The maximum Gasteiger partial charge on any atom is 0.222 e. The molecule has 0 radical (unpaired) electrons. The normalized spacial score (nSPS) is 24.8. The predicted molar refractivity (Wildman–Crippen MR) is 106 cm³/mol. The van der Waals surface area contributed by atoms with Gasteiger partial charge < -0.3 is 14.6 Å². The number of benzene rings is 2. The molecule has 0 saturated carbocycles. The van der Waals surface area contributed by atoms with Crippen molar-refractivity contribution in [1.29, 1.82) is 0 Å². The van der Waals surface area contributed by atoms with E-state index in [0.717, 1.165) is 28.7 Å². The van der Waals surface area contributed by atoms with E-state index < -0.39 is 11.4 Å². The third kappa shape index (κ3) is 2.94. The summed E-state index contributed by atoms with van der Waals surface area (Å²) in [6.07, 6.45) is 3.75. The number of ether oxygens (including phenoxy) is 2. The maximum atomic E-state index is 11.9. The van der Waals surface area contributed by atoms with Gasteiger partial charge in [-0.3, -0.25) is 0 Å². The van der Waals surface area contributed by atoms with E-state index in [0.29, 0.717) is 19.6 Å². The van der Waals surface area contributed by atoms with Gasteiger partial charge in [-0.05, 0) is 29.4 Å². The molecule has 1 heterocycles. The molecular formula is C24H28O3. The van der Waals surface area contributed by atoms with E-state index in [2.05, 4.69) is 26.8 Å². The Morgan fingerprint density at radius 1 is 0.852 bits per heavy atom. The Kier molecular flexibility index (Phi) is 4.50. The highest BCUT2D eigenvalue weighted by Gasteiger charge is 2.49. The molecule has 1 N–H and O–H groups in total. The molecule has 2 aliphatic rings. The summed E-state index contributed by atoms with van der Waals surface area (Å²) >= 11 is 0. The summed E-state index contributed by atoms with van der Waals surface area (Å²) < 4.78 is 12.5. The minimum Gasteiger partial charge on any atom is -0.381 e. The van der Waals surface area contributed by atoms with Gasteiger partial charge in [0, 0.05) is 11.1 Å². The van der Waals surface area contributed by atoms with Crippen molar-refractivity contribution in [1.82, 2.24) is 0 Å². The zero-order valence-electron chi connectivity index (χ0n) is 16.4. The fourth-order valence-corrected chi connectivity index (χ4v) is 4.61. The Morgan fingerprint density at radius 2 is 1.44 bits per heavy atom. The van der Waals surface area contributed by atoms with E-state index in [4.69, 9.17) is 9.47 Å². The molecule has 2 aromatic rings. The molecule has 0 amide bonds. The zero-order chi connectivity index (χ0) is 19.1. The number of allylic oxidation sites excluding steroid dienone is 1. The molecule has 142 valence electrons. The highest BCUT2D eigenvalue weighted by atomic mass is 16.7. The standard InChI is InChI=1S/C24H28O3/c1-22(2,3)21-14-9-15-23(21,25)19-12-7-8-13-20(19)24(26-16-17-27-24)18-10-5-4-6-11-18/h4-8,10-14,25H,9,15-17H2,1-3H3. The lowest BCUT2D eigenvalue weighted by molar-refractivity contribution is -0.132. The highest BCUT2D eigenvalue weighted by molar-refractivity contribution is 5.48. The lowest BCUT2D eigenvalue weighted by Gasteiger charge is -2.39. The summed E-state index contributed by atoms with van der Waals surface area (Å²) in [5, 5.41) is 11.9. The van der Waals surface area contributed by atoms with E-state index in [1.807, 2.05) is 54.6 Å². The van der Waals surface area contributed by atoms with E-state index in [1.54, 1.807) is 0 Å². The van der Waals surface area contributed by atoms with Gasteiger partial charge in [-0.2, -0.15) is 0 Å². The van der Waals surface area contributed by atoms with Gasteiger partial charge in [0.2, 0.25) is 5.79 Å². The Labute approximate surface area is 161 Å². The van der Waals surface area contributed by atoms with Crippen LogP contribution >= 0.6 is 0 Å². The molecule has 3 heteroatoms. The first kappa shape index (κ1) is 18.4. The van der Waals surface area contributed by atoms with Gasteiger partial charge in [-0.25, -0.2) is 0 Å². The first-order chi connectivity index (χ1) is 12.9. The van der Waals surface area contributed by atoms with Crippen molar-refractivity contribution in [3.05, 3.63) is 82.9 Å². The first-order valence-electron chi connectivity index (χ1n) is 9.75. The van der Waals surface area contributed by atoms with Gasteiger partial charge in [0.05, 0.1) is 13.2 Å². The number of hydrogen-bond acceptors (Lipinski definition) is 3. The summed E-state index contributed by atoms with van der Waals surface area (Å²) in [5.74, 6) is -0.973. The molecule has 3 nitrogen and oxygen atoms in total. The van der Waals surface area contributed by atoms with Gasteiger partial charge in [0.1, 0.15) is 5.60 Å². The molecule has 0 spiro atoms. The van der Waals surface area contributed by atoms with Crippen molar-refractivity contribution in [2.24, 2.45) is 5.41 Å². The van der Waals surface area contributed by atoms with Crippen LogP contribution in [0.5, 0.6) is 0 Å². The molecule has 0 aromatic heterocycles. The maximum absolute atomic E-state index is 11.9. The van der Waals surface area contributed by atoms with Crippen LogP contribution in [0.25, 0.3) is 0 Å². The lowest BCUT2D eigenvalue weighted by atomic mass is 9.72. The van der Waals surface area contributed by atoms with Crippen molar-refractivity contribution in [2.75, 3.05) is 13.2 Å². The molecule has 1 aliphatic heterocycles. The van der Waals surface area contributed by atoms with E-state index in [1.165, 1.54) is 0 Å². The van der Waals surface area contributed by atoms with E-state index in [-0.39, 0.29) is 5.41 Å². The molecule has 2 aromatic carbocycles. The molecule has 0 bridgehead atoms. The zero-order valence-corrected chi connectivity index (χ0v) is 16.4. The summed E-state index contributed by atoms with van der Waals surface area (Å²) in [4.78, 5) is 0. The average molecular weight is 364 g/mol. The Balaban J connectivity index is 1.91.